The van der Waals surface area contributed by atoms with Gasteiger partial charge in [-0.1, -0.05) is 23.7 Å². The Morgan fingerprint density at radius 1 is 1.38 bits per heavy atom. The molecule has 24 heavy (non-hydrogen) atoms. The van der Waals surface area contributed by atoms with Gasteiger partial charge in [-0.3, -0.25) is 9.89 Å². The number of nitrogens with zero attached hydrogens (tertiary/aromatic N) is 1. The first-order valence-corrected chi connectivity index (χ1v) is 8.34. The fraction of sp³-hybridized carbons (Fsp3) is 0.412. The number of rotatable bonds is 5. The summed E-state index contributed by atoms with van der Waals surface area (Å²) in [7, 11) is 0. The van der Waals surface area contributed by atoms with Crippen LogP contribution in [0.3, 0.4) is 0 Å². The molecule has 0 unspecified atom stereocenters. The van der Waals surface area contributed by atoms with E-state index < -0.39 is 0 Å². The van der Waals surface area contributed by atoms with Crippen molar-refractivity contribution < 1.29 is 9.53 Å². The van der Waals surface area contributed by atoms with E-state index in [1.165, 1.54) is 0 Å². The van der Waals surface area contributed by atoms with Gasteiger partial charge in [-0.05, 0) is 38.0 Å². The third-order valence-electron chi connectivity index (χ3n) is 4.21. The monoisotopic (exact) mass is 348 g/mol. The Labute approximate surface area is 145 Å². The molecule has 1 aliphatic heterocycles. The quantitative estimate of drug-likeness (QED) is 0.776. The number of nitrogens with one attached hydrogen (secondary N) is 3. The van der Waals surface area contributed by atoms with Crippen LogP contribution in [-0.2, 0) is 9.53 Å². The van der Waals surface area contributed by atoms with Crippen LogP contribution in [0, 0.1) is 13.8 Å². The van der Waals surface area contributed by atoms with Crippen molar-refractivity contribution >= 4 is 23.2 Å². The van der Waals surface area contributed by atoms with Crippen LogP contribution in [-0.4, -0.2) is 35.3 Å². The van der Waals surface area contributed by atoms with E-state index in [4.69, 9.17) is 16.3 Å². The van der Waals surface area contributed by atoms with Gasteiger partial charge in [0.2, 0.25) is 5.91 Å². The number of amides is 1. The predicted octanol–water partition coefficient (Wildman–Crippen LogP) is 2.74. The minimum atomic E-state index is -0.0932. The second kappa shape index (κ2) is 7.34. The van der Waals surface area contributed by atoms with Gasteiger partial charge in [-0.15, -0.1) is 0 Å². The fourth-order valence-corrected chi connectivity index (χ4v) is 3.05. The number of halogens is 1. The lowest BCUT2D eigenvalue weighted by Crippen LogP contribution is -2.37. The standard InChI is InChI=1S/C17H21ClN4O2/c1-10-16(11(2)22-21-10)20-15(23)9-19-14-7-8-24-17(14)12-3-5-13(18)6-4-12/h3-6,14,17,19H,7-9H2,1-2H3,(H,20,23)(H,21,22)/t14-,17-/m1/s1. The molecule has 1 amide bonds. The zero-order chi connectivity index (χ0) is 17.1. The van der Waals surface area contributed by atoms with Gasteiger partial charge >= 0.3 is 0 Å². The first-order chi connectivity index (χ1) is 11.5. The number of benzene rings is 1. The molecule has 1 aromatic heterocycles. The predicted molar refractivity (Wildman–Crippen MR) is 93.2 cm³/mol. The van der Waals surface area contributed by atoms with Gasteiger partial charge in [0.05, 0.1) is 29.7 Å². The van der Waals surface area contributed by atoms with Crippen molar-refractivity contribution in [3.05, 3.63) is 46.2 Å². The smallest absolute Gasteiger partial charge is 0.238 e. The normalized spacial score (nSPS) is 20.3. The van der Waals surface area contributed by atoms with E-state index in [2.05, 4.69) is 20.8 Å². The van der Waals surface area contributed by atoms with Gasteiger partial charge in [0.15, 0.2) is 0 Å². The number of carbonyl (C=O) groups excluding carboxylic acids is 1. The van der Waals surface area contributed by atoms with E-state index in [1.54, 1.807) is 0 Å². The molecular formula is C17H21ClN4O2. The Hall–Kier alpha value is -1.89. The molecule has 0 spiro atoms. The van der Waals surface area contributed by atoms with Crippen LogP contribution in [0.5, 0.6) is 0 Å². The zero-order valence-corrected chi connectivity index (χ0v) is 14.5. The van der Waals surface area contributed by atoms with Crippen LogP contribution in [0.25, 0.3) is 0 Å². The highest BCUT2D eigenvalue weighted by Crippen LogP contribution is 2.29. The van der Waals surface area contributed by atoms with E-state index in [0.717, 1.165) is 29.1 Å². The van der Waals surface area contributed by atoms with E-state index in [-0.39, 0.29) is 24.6 Å². The lowest BCUT2D eigenvalue weighted by atomic mass is 10.0. The lowest BCUT2D eigenvalue weighted by Gasteiger charge is -2.20. The molecule has 2 aromatic rings. The number of hydrogen-bond acceptors (Lipinski definition) is 4. The molecule has 1 fully saturated rings. The molecule has 7 heteroatoms. The van der Waals surface area contributed by atoms with Gasteiger partial charge in [0, 0.05) is 17.7 Å². The maximum absolute atomic E-state index is 12.2. The maximum Gasteiger partial charge on any atom is 0.238 e. The third kappa shape index (κ3) is 3.77. The summed E-state index contributed by atoms with van der Waals surface area (Å²) in [5.41, 5.74) is 3.45. The molecule has 1 aromatic carbocycles. The first kappa shape index (κ1) is 17.0. The highest BCUT2D eigenvalue weighted by molar-refractivity contribution is 6.30. The molecule has 0 bridgehead atoms. The van der Waals surface area contributed by atoms with Crippen molar-refractivity contribution in [3.63, 3.8) is 0 Å². The topological polar surface area (TPSA) is 79.0 Å². The van der Waals surface area contributed by atoms with E-state index >= 15 is 0 Å². The second-order valence-corrected chi connectivity index (χ2v) is 6.41. The summed E-state index contributed by atoms with van der Waals surface area (Å²) in [5, 5.41) is 13.8. The number of anilines is 1. The largest absolute Gasteiger partial charge is 0.372 e. The maximum atomic E-state index is 12.2. The van der Waals surface area contributed by atoms with Crippen LogP contribution in [0.4, 0.5) is 5.69 Å². The highest BCUT2D eigenvalue weighted by atomic mass is 35.5. The van der Waals surface area contributed by atoms with Crippen LogP contribution in [0.2, 0.25) is 5.02 Å². The number of ether oxygens (including phenoxy) is 1. The molecule has 0 saturated carbocycles. The van der Waals surface area contributed by atoms with Crippen LogP contribution in [0.15, 0.2) is 24.3 Å². The molecule has 2 heterocycles. The molecule has 3 rings (SSSR count). The Morgan fingerprint density at radius 3 is 2.79 bits per heavy atom. The summed E-state index contributed by atoms with van der Waals surface area (Å²) in [5.74, 6) is -0.0932. The Bertz CT molecular complexity index is 694. The summed E-state index contributed by atoms with van der Waals surface area (Å²) in [6, 6.07) is 7.74. The van der Waals surface area contributed by atoms with Gasteiger partial charge in [-0.25, -0.2) is 0 Å². The van der Waals surface area contributed by atoms with Crippen LogP contribution in [0.1, 0.15) is 29.5 Å². The Kier molecular flexibility index (Phi) is 5.18. The van der Waals surface area contributed by atoms with Gasteiger partial charge in [0.1, 0.15) is 0 Å². The SMILES string of the molecule is Cc1n[nH]c(C)c1NC(=O)CN[C@@H]1CCO[C@@H]1c1ccc(Cl)cc1. The van der Waals surface area contributed by atoms with Crippen molar-refractivity contribution in [3.8, 4) is 0 Å². The van der Waals surface area contributed by atoms with Crippen LogP contribution >= 0.6 is 11.6 Å². The van der Waals surface area contributed by atoms with Crippen molar-refractivity contribution in [1.82, 2.24) is 15.5 Å². The third-order valence-corrected chi connectivity index (χ3v) is 4.46. The van der Waals surface area contributed by atoms with Crippen LogP contribution < -0.4 is 10.6 Å². The van der Waals surface area contributed by atoms with Gasteiger partial charge in [-0.2, -0.15) is 5.10 Å². The van der Waals surface area contributed by atoms with Crippen molar-refractivity contribution in [1.29, 1.82) is 0 Å². The summed E-state index contributed by atoms with van der Waals surface area (Å²) in [6.07, 6.45) is 0.803. The molecule has 0 aliphatic carbocycles. The zero-order valence-electron chi connectivity index (χ0n) is 13.7. The highest BCUT2D eigenvalue weighted by Gasteiger charge is 2.29. The number of aryl methyl sites for hydroxylation is 2. The molecule has 6 nitrogen and oxygen atoms in total. The van der Waals surface area contributed by atoms with Crippen molar-refractivity contribution in [2.45, 2.75) is 32.4 Å². The number of H-pyrrole nitrogens is 1. The average molecular weight is 349 g/mol. The van der Waals surface area contributed by atoms with Gasteiger partial charge in [0.25, 0.3) is 0 Å². The molecule has 2 atom stereocenters. The molecule has 0 radical (unpaired) electrons. The lowest BCUT2D eigenvalue weighted by molar-refractivity contribution is -0.115. The molecular weight excluding hydrogens is 328 g/mol. The number of carbonyl (C=O) groups is 1. The van der Waals surface area contributed by atoms with E-state index in [1.807, 2.05) is 38.1 Å². The minimum absolute atomic E-state index is 0.0625. The van der Waals surface area contributed by atoms with E-state index in [9.17, 15) is 4.79 Å². The Balaban J connectivity index is 1.57. The summed E-state index contributed by atoms with van der Waals surface area (Å²) >= 11 is 5.93. The van der Waals surface area contributed by atoms with Gasteiger partial charge < -0.3 is 15.4 Å². The molecule has 3 N–H and O–H groups in total. The molecule has 1 saturated heterocycles. The number of aromatic nitrogens is 2. The molecule has 1 aliphatic rings. The van der Waals surface area contributed by atoms with Crippen molar-refractivity contribution in [2.24, 2.45) is 0 Å². The minimum Gasteiger partial charge on any atom is -0.372 e. The average Bonchev–Trinajstić information content (AvgIpc) is 3.15. The number of hydrogen-bond donors (Lipinski definition) is 3. The summed E-state index contributed by atoms with van der Waals surface area (Å²) < 4.78 is 5.82. The second-order valence-electron chi connectivity index (χ2n) is 5.98. The number of aromatic amines is 1. The summed E-state index contributed by atoms with van der Waals surface area (Å²) in [6.45, 7) is 4.63. The van der Waals surface area contributed by atoms with Crippen molar-refractivity contribution in [2.75, 3.05) is 18.5 Å². The summed E-state index contributed by atoms with van der Waals surface area (Å²) in [4.78, 5) is 12.2. The Morgan fingerprint density at radius 2 is 2.12 bits per heavy atom. The molecule has 128 valence electrons. The van der Waals surface area contributed by atoms with E-state index in [0.29, 0.717) is 11.6 Å². The first-order valence-electron chi connectivity index (χ1n) is 7.96. The fourth-order valence-electron chi connectivity index (χ4n) is 2.92.